The third-order valence-corrected chi connectivity index (χ3v) is 3.21. The van der Waals surface area contributed by atoms with Gasteiger partial charge in [-0.25, -0.2) is 0 Å². The lowest BCUT2D eigenvalue weighted by atomic mass is 9.72. The van der Waals surface area contributed by atoms with Crippen LogP contribution < -0.4 is 0 Å². The summed E-state index contributed by atoms with van der Waals surface area (Å²) in [5.41, 5.74) is 1.53. The molecule has 0 heterocycles. The summed E-state index contributed by atoms with van der Waals surface area (Å²) in [6, 6.07) is 0. The van der Waals surface area contributed by atoms with E-state index in [1.807, 2.05) is 0 Å². The van der Waals surface area contributed by atoms with Gasteiger partial charge in [-0.2, -0.15) is 0 Å². The Labute approximate surface area is 67.3 Å². The Morgan fingerprint density at radius 1 is 1.30 bits per heavy atom. The lowest BCUT2D eigenvalue weighted by Gasteiger charge is -2.34. The lowest BCUT2D eigenvalue weighted by Crippen LogP contribution is -2.22. The van der Waals surface area contributed by atoms with Gasteiger partial charge in [0, 0.05) is 5.88 Å². The molecule has 0 aliphatic heterocycles. The number of allylic oxidation sites excluding steroid dienone is 2. The predicted molar refractivity (Wildman–Crippen MR) is 44.3 cm³/mol. The molecule has 56 valence electrons. The van der Waals surface area contributed by atoms with Gasteiger partial charge in [-0.05, 0) is 37.5 Å². The maximum Gasteiger partial charge on any atom is 0.0436 e. The number of hydrogen-bond acceptors (Lipinski definition) is 0. The monoisotopic (exact) mass is 156 g/mol. The quantitative estimate of drug-likeness (QED) is 0.405. The zero-order chi connectivity index (χ0) is 6.97. The highest BCUT2D eigenvalue weighted by molar-refractivity contribution is 6.19. The van der Waals surface area contributed by atoms with Crippen LogP contribution in [0.1, 0.15) is 25.7 Å². The molecule has 0 aromatic heterocycles. The van der Waals surface area contributed by atoms with E-state index >= 15 is 0 Å². The van der Waals surface area contributed by atoms with E-state index in [0.29, 0.717) is 0 Å². The molecule has 2 bridgehead atoms. The highest BCUT2D eigenvalue weighted by Gasteiger charge is 2.27. The average molecular weight is 157 g/mol. The molecule has 1 fully saturated rings. The molecule has 0 unspecified atom stereocenters. The maximum atomic E-state index is 5.81. The third-order valence-electron chi connectivity index (χ3n) is 2.90. The standard InChI is InChI=1S/C9H13Cl/c10-6-9-5-7-1-3-8(9)4-2-7/h5,7-8H,1-4,6H2. The molecule has 0 nitrogen and oxygen atoms in total. The van der Waals surface area contributed by atoms with Gasteiger partial charge in [0.1, 0.15) is 0 Å². The summed E-state index contributed by atoms with van der Waals surface area (Å²) in [4.78, 5) is 0. The number of alkyl halides is 1. The topological polar surface area (TPSA) is 0 Å². The van der Waals surface area contributed by atoms with E-state index in [-0.39, 0.29) is 0 Å². The van der Waals surface area contributed by atoms with Crippen molar-refractivity contribution < 1.29 is 0 Å². The number of rotatable bonds is 1. The van der Waals surface area contributed by atoms with Gasteiger partial charge in [0.25, 0.3) is 0 Å². The van der Waals surface area contributed by atoms with E-state index in [1.54, 1.807) is 0 Å². The first-order chi connectivity index (χ1) is 4.90. The minimum Gasteiger partial charge on any atom is -0.122 e. The Hall–Kier alpha value is 0.0300. The van der Waals surface area contributed by atoms with Gasteiger partial charge in [-0.3, -0.25) is 0 Å². The molecular weight excluding hydrogens is 144 g/mol. The summed E-state index contributed by atoms with van der Waals surface area (Å²) < 4.78 is 0. The highest BCUT2D eigenvalue weighted by atomic mass is 35.5. The van der Waals surface area contributed by atoms with Gasteiger partial charge in [-0.15, -0.1) is 11.6 Å². The molecule has 1 heteroatoms. The zero-order valence-electron chi connectivity index (χ0n) is 6.15. The van der Waals surface area contributed by atoms with Crippen LogP contribution in [0.2, 0.25) is 0 Å². The first-order valence-corrected chi connectivity index (χ1v) is 4.70. The smallest absolute Gasteiger partial charge is 0.0436 e. The Bertz CT molecular complexity index is 152. The Balaban J connectivity index is 2.19. The third kappa shape index (κ3) is 0.989. The molecule has 0 aromatic carbocycles. The summed E-state index contributed by atoms with van der Waals surface area (Å²) in [5.74, 6) is 2.53. The van der Waals surface area contributed by atoms with Gasteiger partial charge in [0.15, 0.2) is 0 Å². The Kier molecular flexibility index (Phi) is 1.73. The second-order valence-electron chi connectivity index (χ2n) is 3.49. The van der Waals surface area contributed by atoms with E-state index in [2.05, 4.69) is 6.08 Å². The summed E-state index contributed by atoms with van der Waals surface area (Å²) >= 11 is 5.81. The SMILES string of the molecule is ClCC1=CC2CCC1CC2. The summed E-state index contributed by atoms with van der Waals surface area (Å²) in [5, 5.41) is 0. The second kappa shape index (κ2) is 2.58. The molecule has 0 saturated heterocycles. The average Bonchev–Trinajstić information content (AvgIpc) is 2.06. The minimum atomic E-state index is 0.779. The van der Waals surface area contributed by atoms with E-state index in [4.69, 9.17) is 11.6 Å². The van der Waals surface area contributed by atoms with Crippen molar-refractivity contribution in [1.82, 2.24) is 0 Å². The molecule has 0 N–H and O–H groups in total. The molecule has 3 aliphatic rings. The molecule has 0 atom stereocenters. The molecule has 0 spiro atoms. The molecule has 1 saturated carbocycles. The van der Waals surface area contributed by atoms with Crippen molar-refractivity contribution in [3.63, 3.8) is 0 Å². The van der Waals surface area contributed by atoms with E-state index in [1.165, 1.54) is 31.3 Å². The van der Waals surface area contributed by atoms with Gasteiger partial charge in [0.2, 0.25) is 0 Å². The predicted octanol–water partition coefficient (Wildman–Crippen LogP) is 2.97. The minimum absolute atomic E-state index is 0.779. The molecule has 0 amide bonds. The Morgan fingerprint density at radius 2 is 2.00 bits per heavy atom. The van der Waals surface area contributed by atoms with Crippen LogP contribution in [0.3, 0.4) is 0 Å². The van der Waals surface area contributed by atoms with Crippen LogP contribution in [-0.2, 0) is 0 Å². The van der Waals surface area contributed by atoms with Crippen molar-refractivity contribution >= 4 is 11.6 Å². The van der Waals surface area contributed by atoms with Crippen molar-refractivity contribution in [2.45, 2.75) is 25.7 Å². The van der Waals surface area contributed by atoms with Crippen molar-refractivity contribution in [2.75, 3.05) is 5.88 Å². The molecule has 0 aromatic rings. The second-order valence-corrected chi connectivity index (χ2v) is 3.75. The van der Waals surface area contributed by atoms with Crippen molar-refractivity contribution in [3.8, 4) is 0 Å². The summed E-state index contributed by atoms with van der Waals surface area (Å²) in [6.45, 7) is 0. The fraction of sp³-hybridized carbons (Fsp3) is 0.778. The van der Waals surface area contributed by atoms with Gasteiger partial charge < -0.3 is 0 Å². The molecule has 3 aliphatic carbocycles. The van der Waals surface area contributed by atoms with Crippen LogP contribution in [0, 0.1) is 11.8 Å². The van der Waals surface area contributed by atoms with Crippen molar-refractivity contribution in [2.24, 2.45) is 11.8 Å². The van der Waals surface area contributed by atoms with Crippen LogP contribution in [0.4, 0.5) is 0 Å². The normalized spacial score (nSPS) is 37.9. The van der Waals surface area contributed by atoms with E-state index in [0.717, 1.165) is 17.7 Å². The van der Waals surface area contributed by atoms with Crippen molar-refractivity contribution in [1.29, 1.82) is 0 Å². The van der Waals surface area contributed by atoms with Crippen molar-refractivity contribution in [3.05, 3.63) is 11.6 Å². The van der Waals surface area contributed by atoms with Crippen LogP contribution in [-0.4, -0.2) is 5.88 Å². The first-order valence-electron chi connectivity index (χ1n) is 4.16. The first kappa shape index (κ1) is 6.72. The molecule has 10 heavy (non-hydrogen) atoms. The number of fused-ring (bicyclic) bond motifs is 2. The van der Waals surface area contributed by atoms with Gasteiger partial charge >= 0.3 is 0 Å². The van der Waals surface area contributed by atoms with Gasteiger partial charge in [-0.1, -0.05) is 11.6 Å². The highest BCUT2D eigenvalue weighted by Crippen LogP contribution is 2.40. The van der Waals surface area contributed by atoms with Gasteiger partial charge in [0.05, 0.1) is 0 Å². The zero-order valence-corrected chi connectivity index (χ0v) is 6.90. The Morgan fingerprint density at radius 3 is 2.30 bits per heavy atom. The maximum absolute atomic E-state index is 5.81. The summed E-state index contributed by atoms with van der Waals surface area (Å²) in [7, 11) is 0. The number of hydrogen-bond donors (Lipinski definition) is 0. The molecule has 3 rings (SSSR count). The summed E-state index contributed by atoms with van der Waals surface area (Å²) in [6.07, 6.45) is 8.08. The lowest BCUT2D eigenvalue weighted by molar-refractivity contribution is 0.313. The molecule has 0 radical (unpaired) electrons. The van der Waals surface area contributed by atoms with Crippen LogP contribution in [0.25, 0.3) is 0 Å². The largest absolute Gasteiger partial charge is 0.122 e. The van der Waals surface area contributed by atoms with E-state index in [9.17, 15) is 0 Å². The fourth-order valence-corrected chi connectivity index (χ4v) is 2.56. The van der Waals surface area contributed by atoms with Crippen LogP contribution in [0.15, 0.2) is 11.6 Å². The number of halogens is 1. The van der Waals surface area contributed by atoms with Crippen LogP contribution in [0.5, 0.6) is 0 Å². The van der Waals surface area contributed by atoms with Crippen LogP contribution >= 0.6 is 11.6 Å². The van der Waals surface area contributed by atoms with E-state index < -0.39 is 0 Å². The fourth-order valence-electron chi connectivity index (χ4n) is 2.25. The molecular formula is C9H13Cl.